The van der Waals surface area contributed by atoms with Crippen molar-refractivity contribution >= 4 is 27.5 Å². The Hall–Kier alpha value is -0.780. The number of benzene rings is 1. The van der Waals surface area contributed by atoms with Gasteiger partial charge in [0, 0.05) is 18.1 Å². The van der Waals surface area contributed by atoms with Crippen molar-refractivity contribution in [2.24, 2.45) is 0 Å². The van der Waals surface area contributed by atoms with Gasteiger partial charge in [0.1, 0.15) is 0 Å². The summed E-state index contributed by atoms with van der Waals surface area (Å²) in [5.74, 6) is 0. The van der Waals surface area contributed by atoms with Gasteiger partial charge in [0.05, 0.1) is 5.69 Å². The fourth-order valence-electron chi connectivity index (χ4n) is 1.52. The Morgan fingerprint density at radius 2 is 2.20 bits per heavy atom. The van der Waals surface area contributed by atoms with Crippen molar-refractivity contribution in [3.05, 3.63) is 29.3 Å². The molecule has 4 nitrogen and oxygen atoms in total. The first-order chi connectivity index (χ1) is 7.09. The molecule has 0 aromatic heterocycles. The SMILES string of the molecule is O=S1(=O)NCCCN1c1cccc(Cl)c1. The molecule has 2 rings (SSSR count). The van der Waals surface area contributed by atoms with Crippen LogP contribution in [0, 0.1) is 0 Å². The lowest BCUT2D eigenvalue weighted by molar-refractivity contribution is 0.560. The second kappa shape index (κ2) is 4.00. The van der Waals surface area contributed by atoms with Crippen molar-refractivity contribution in [1.29, 1.82) is 0 Å². The number of nitrogens with one attached hydrogen (secondary N) is 1. The van der Waals surface area contributed by atoms with Gasteiger partial charge in [-0.25, -0.2) is 0 Å². The van der Waals surface area contributed by atoms with Crippen molar-refractivity contribution in [2.75, 3.05) is 17.4 Å². The molecule has 0 radical (unpaired) electrons. The van der Waals surface area contributed by atoms with E-state index in [2.05, 4.69) is 4.72 Å². The average Bonchev–Trinajstić information content (AvgIpc) is 2.17. The summed E-state index contributed by atoms with van der Waals surface area (Å²) >= 11 is 5.82. The lowest BCUT2D eigenvalue weighted by atomic mass is 10.3. The fourth-order valence-corrected chi connectivity index (χ4v) is 3.02. The fraction of sp³-hybridized carbons (Fsp3) is 0.333. The maximum atomic E-state index is 11.7. The molecule has 0 spiro atoms. The standard InChI is InChI=1S/C9H11ClN2O2S/c10-8-3-1-4-9(7-8)12-6-2-5-11-15(12,13)14/h1,3-4,7,11H,2,5-6H2. The summed E-state index contributed by atoms with van der Waals surface area (Å²) in [6.45, 7) is 0.995. The number of hydrogen-bond acceptors (Lipinski definition) is 2. The summed E-state index contributed by atoms with van der Waals surface area (Å²) in [7, 11) is -3.37. The summed E-state index contributed by atoms with van der Waals surface area (Å²) < 4.78 is 27.1. The first kappa shape index (κ1) is 10.7. The summed E-state index contributed by atoms with van der Waals surface area (Å²) in [4.78, 5) is 0. The topological polar surface area (TPSA) is 49.4 Å². The van der Waals surface area contributed by atoms with Gasteiger partial charge in [-0.1, -0.05) is 17.7 Å². The normalized spacial score (nSPS) is 20.2. The maximum absolute atomic E-state index is 11.7. The molecular weight excluding hydrogens is 236 g/mol. The molecule has 1 aliphatic heterocycles. The van der Waals surface area contributed by atoms with E-state index in [9.17, 15) is 8.42 Å². The van der Waals surface area contributed by atoms with E-state index in [1.807, 2.05) is 0 Å². The lowest BCUT2D eigenvalue weighted by Gasteiger charge is -2.28. The Labute approximate surface area is 94.0 Å². The molecule has 0 saturated carbocycles. The third-order valence-electron chi connectivity index (χ3n) is 2.21. The molecule has 1 aliphatic rings. The predicted octanol–water partition coefficient (Wildman–Crippen LogP) is 1.38. The van der Waals surface area contributed by atoms with E-state index in [0.717, 1.165) is 6.42 Å². The lowest BCUT2D eigenvalue weighted by Crippen LogP contribution is -2.47. The Balaban J connectivity index is 2.37. The first-order valence-corrected chi connectivity index (χ1v) is 6.44. The smallest absolute Gasteiger partial charge is 0.258 e. The minimum absolute atomic E-state index is 0.496. The molecule has 1 heterocycles. The van der Waals surface area contributed by atoms with Crippen LogP contribution in [-0.4, -0.2) is 21.5 Å². The zero-order chi connectivity index (χ0) is 10.9. The minimum Gasteiger partial charge on any atom is -0.258 e. The predicted molar refractivity (Wildman–Crippen MR) is 60.3 cm³/mol. The van der Waals surface area contributed by atoms with Crippen LogP contribution in [0.2, 0.25) is 5.02 Å². The molecular formula is C9H11ClN2O2S. The first-order valence-electron chi connectivity index (χ1n) is 4.62. The molecule has 1 fully saturated rings. The zero-order valence-electron chi connectivity index (χ0n) is 7.98. The molecule has 15 heavy (non-hydrogen) atoms. The summed E-state index contributed by atoms with van der Waals surface area (Å²) in [5.41, 5.74) is 0.606. The van der Waals surface area contributed by atoms with Crippen LogP contribution >= 0.6 is 11.6 Å². The van der Waals surface area contributed by atoms with Crippen molar-refractivity contribution in [2.45, 2.75) is 6.42 Å². The Morgan fingerprint density at radius 1 is 1.40 bits per heavy atom. The van der Waals surface area contributed by atoms with Gasteiger partial charge < -0.3 is 0 Å². The van der Waals surface area contributed by atoms with Crippen LogP contribution in [0.1, 0.15) is 6.42 Å². The van der Waals surface area contributed by atoms with Gasteiger partial charge in [-0.15, -0.1) is 0 Å². The van der Waals surface area contributed by atoms with Gasteiger partial charge in [0.2, 0.25) is 0 Å². The van der Waals surface area contributed by atoms with Crippen molar-refractivity contribution in [3.8, 4) is 0 Å². The molecule has 0 unspecified atom stereocenters. The van der Waals surface area contributed by atoms with Crippen molar-refractivity contribution in [1.82, 2.24) is 4.72 Å². The molecule has 6 heteroatoms. The summed E-state index contributed by atoms with van der Waals surface area (Å²) in [6, 6.07) is 6.83. The minimum atomic E-state index is -3.37. The monoisotopic (exact) mass is 246 g/mol. The van der Waals surface area contributed by atoms with E-state index in [4.69, 9.17) is 11.6 Å². The van der Waals surface area contributed by atoms with E-state index in [-0.39, 0.29) is 0 Å². The van der Waals surface area contributed by atoms with Crippen LogP contribution in [0.15, 0.2) is 24.3 Å². The average molecular weight is 247 g/mol. The van der Waals surface area contributed by atoms with Gasteiger partial charge >= 0.3 is 10.2 Å². The number of rotatable bonds is 1. The highest BCUT2D eigenvalue weighted by Gasteiger charge is 2.25. The quantitative estimate of drug-likeness (QED) is 0.814. The summed E-state index contributed by atoms with van der Waals surface area (Å²) in [6.07, 6.45) is 0.797. The van der Waals surface area contributed by atoms with E-state index in [1.165, 1.54) is 4.31 Å². The highest BCUT2D eigenvalue weighted by Crippen LogP contribution is 2.23. The molecule has 1 N–H and O–H groups in total. The molecule has 82 valence electrons. The van der Waals surface area contributed by atoms with Gasteiger partial charge in [0.15, 0.2) is 0 Å². The van der Waals surface area contributed by atoms with E-state index in [1.54, 1.807) is 24.3 Å². The van der Waals surface area contributed by atoms with E-state index >= 15 is 0 Å². The van der Waals surface area contributed by atoms with Crippen LogP contribution in [-0.2, 0) is 10.2 Å². The van der Waals surface area contributed by atoms with E-state index < -0.39 is 10.2 Å². The van der Waals surface area contributed by atoms with Crippen LogP contribution in [0.3, 0.4) is 0 Å². The third-order valence-corrected chi connectivity index (χ3v) is 3.99. The molecule has 1 aromatic rings. The molecule has 0 aliphatic carbocycles. The Bertz CT molecular complexity index is 461. The second-order valence-electron chi connectivity index (χ2n) is 3.30. The van der Waals surface area contributed by atoms with Crippen molar-refractivity contribution in [3.63, 3.8) is 0 Å². The third kappa shape index (κ3) is 2.25. The van der Waals surface area contributed by atoms with Gasteiger partial charge in [-0.3, -0.25) is 4.31 Å². The number of hydrogen-bond donors (Lipinski definition) is 1. The van der Waals surface area contributed by atoms with Crippen LogP contribution < -0.4 is 9.03 Å². The molecule has 0 amide bonds. The molecule has 1 aromatic carbocycles. The second-order valence-corrected chi connectivity index (χ2v) is 5.42. The van der Waals surface area contributed by atoms with Crippen LogP contribution in [0.5, 0.6) is 0 Å². The van der Waals surface area contributed by atoms with Gasteiger partial charge in [-0.2, -0.15) is 13.1 Å². The molecule has 0 bridgehead atoms. The maximum Gasteiger partial charge on any atom is 0.301 e. The molecule has 1 saturated heterocycles. The Kier molecular flexibility index (Phi) is 2.86. The zero-order valence-corrected chi connectivity index (χ0v) is 9.55. The number of nitrogens with zero attached hydrogens (tertiary/aromatic N) is 1. The summed E-state index contributed by atoms with van der Waals surface area (Å²) in [5, 5.41) is 0.535. The number of halogens is 1. The Morgan fingerprint density at radius 3 is 2.87 bits per heavy atom. The van der Waals surface area contributed by atoms with Crippen molar-refractivity contribution < 1.29 is 8.42 Å². The highest BCUT2D eigenvalue weighted by molar-refractivity contribution is 7.90. The van der Waals surface area contributed by atoms with E-state index in [0.29, 0.717) is 23.8 Å². The van der Waals surface area contributed by atoms with Crippen LogP contribution in [0.25, 0.3) is 0 Å². The van der Waals surface area contributed by atoms with Gasteiger partial charge in [0.25, 0.3) is 0 Å². The molecule has 0 atom stereocenters. The highest BCUT2D eigenvalue weighted by atomic mass is 35.5. The number of anilines is 1. The van der Waals surface area contributed by atoms with Crippen LogP contribution in [0.4, 0.5) is 5.69 Å². The largest absolute Gasteiger partial charge is 0.301 e. The van der Waals surface area contributed by atoms with Gasteiger partial charge in [-0.05, 0) is 24.6 Å².